The standard InChI is InChI=1S/C21H33N3O.ClH/c22-19(18-10-4-1-5-11-18)16-20(25)23-17-21(12-6-2-7-13-21)24-14-8-3-9-15-24;/h1,4-5,10-11,19H,2-3,6-9,12-17,22H2,(H,23,25);1H. The fourth-order valence-corrected chi connectivity index (χ4v) is 4.54. The molecule has 4 nitrogen and oxygen atoms in total. The maximum Gasteiger partial charge on any atom is 0.221 e. The predicted octanol–water partition coefficient (Wildman–Crippen LogP) is 3.80. The van der Waals surface area contributed by atoms with Crippen molar-refractivity contribution in [1.82, 2.24) is 10.2 Å². The molecule has 1 heterocycles. The largest absolute Gasteiger partial charge is 0.354 e. The molecule has 1 saturated heterocycles. The molecule has 0 spiro atoms. The number of amides is 1. The first-order valence-corrected chi connectivity index (χ1v) is 10.0. The number of nitrogens with zero attached hydrogens (tertiary/aromatic N) is 1. The molecule has 3 rings (SSSR count). The lowest BCUT2D eigenvalue weighted by molar-refractivity contribution is -0.122. The maximum atomic E-state index is 12.5. The van der Waals surface area contributed by atoms with Crippen molar-refractivity contribution in [2.24, 2.45) is 5.73 Å². The average molecular weight is 380 g/mol. The van der Waals surface area contributed by atoms with Gasteiger partial charge in [-0.15, -0.1) is 12.4 Å². The summed E-state index contributed by atoms with van der Waals surface area (Å²) in [5.41, 5.74) is 7.42. The highest BCUT2D eigenvalue weighted by molar-refractivity contribution is 5.85. The molecular formula is C21H34ClN3O. The van der Waals surface area contributed by atoms with E-state index in [0.29, 0.717) is 6.42 Å². The summed E-state index contributed by atoms with van der Waals surface area (Å²) in [6.07, 6.45) is 10.7. The lowest BCUT2D eigenvalue weighted by Crippen LogP contribution is -2.58. The molecular weight excluding hydrogens is 346 g/mol. The first kappa shape index (κ1) is 21.2. The van der Waals surface area contributed by atoms with Crippen LogP contribution < -0.4 is 11.1 Å². The van der Waals surface area contributed by atoms with Crippen LogP contribution in [-0.2, 0) is 4.79 Å². The number of nitrogens with two attached hydrogens (primary N) is 1. The Hall–Kier alpha value is -1.10. The van der Waals surface area contributed by atoms with Gasteiger partial charge in [0.25, 0.3) is 0 Å². The third kappa shape index (κ3) is 5.45. The van der Waals surface area contributed by atoms with Gasteiger partial charge in [-0.1, -0.05) is 56.0 Å². The molecule has 2 fully saturated rings. The smallest absolute Gasteiger partial charge is 0.221 e. The van der Waals surface area contributed by atoms with E-state index in [9.17, 15) is 4.79 Å². The molecule has 0 radical (unpaired) electrons. The van der Waals surface area contributed by atoms with Gasteiger partial charge in [-0.05, 0) is 44.3 Å². The number of hydrogen-bond acceptors (Lipinski definition) is 3. The summed E-state index contributed by atoms with van der Waals surface area (Å²) in [7, 11) is 0. The summed E-state index contributed by atoms with van der Waals surface area (Å²) in [5, 5.41) is 3.23. The molecule has 0 bridgehead atoms. The maximum absolute atomic E-state index is 12.5. The van der Waals surface area contributed by atoms with Crippen LogP contribution in [-0.4, -0.2) is 36.0 Å². The molecule has 1 aromatic rings. The highest BCUT2D eigenvalue weighted by Crippen LogP contribution is 2.35. The van der Waals surface area contributed by atoms with Crippen LogP contribution in [0.5, 0.6) is 0 Å². The van der Waals surface area contributed by atoms with Crippen LogP contribution in [0, 0.1) is 0 Å². The van der Waals surface area contributed by atoms with Crippen LogP contribution in [0.25, 0.3) is 0 Å². The fourth-order valence-electron chi connectivity index (χ4n) is 4.54. The summed E-state index contributed by atoms with van der Waals surface area (Å²) >= 11 is 0. The molecule has 0 aromatic heterocycles. The first-order chi connectivity index (χ1) is 12.2. The van der Waals surface area contributed by atoms with Crippen LogP contribution >= 0.6 is 12.4 Å². The predicted molar refractivity (Wildman–Crippen MR) is 109 cm³/mol. The van der Waals surface area contributed by atoms with Crippen molar-refractivity contribution in [1.29, 1.82) is 0 Å². The van der Waals surface area contributed by atoms with E-state index in [4.69, 9.17) is 5.73 Å². The van der Waals surface area contributed by atoms with Crippen molar-refractivity contribution < 1.29 is 4.79 Å². The van der Waals surface area contributed by atoms with Crippen molar-refractivity contribution in [2.45, 2.75) is 69.4 Å². The van der Waals surface area contributed by atoms with Crippen LogP contribution in [0.4, 0.5) is 0 Å². The van der Waals surface area contributed by atoms with Gasteiger partial charge in [0.2, 0.25) is 5.91 Å². The van der Waals surface area contributed by atoms with Crippen LogP contribution in [0.15, 0.2) is 30.3 Å². The van der Waals surface area contributed by atoms with E-state index in [-0.39, 0.29) is 29.9 Å². The van der Waals surface area contributed by atoms with Gasteiger partial charge >= 0.3 is 0 Å². The van der Waals surface area contributed by atoms with E-state index >= 15 is 0 Å². The van der Waals surface area contributed by atoms with Crippen molar-refractivity contribution in [3.63, 3.8) is 0 Å². The van der Waals surface area contributed by atoms with Gasteiger partial charge in [0, 0.05) is 24.5 Å². The van der Waals surface area contributed by atoms with Gasteiger partial charge in [0.15, 0.2) is 0 Å². The Balaban J connectivity index is 0.00000243. The van der Waals surface area contributed by atoms with Crippen LogP contribution in [0.1, 0.15) is 69.4 Å². The Labute approximate surface area is 164 Å². The minimum absolute atomic E-state index is 0. The van der Waals surface area contributed by atoms with Gasteiger partial charge in [-0.3, -0.25) is 9.69 Å². The summed E-state index contributed by atoms with van der Waals surface area (Å²) < 4.78 is 0. The Morgan fingerprint density at radius 3 is 2.31 bits per heavy atom. The number of nitrogens with one attached hydrogen (secondary N) is 1. The summed E-state index contributed by atoms with van der Waals surface area (Å²) in [6.45, 7) is 3.17. The summed E-state index contributed by atoms with van der Waals surface area (Å²) in [6, 6.07) is 9.68. The number of likely N-dealkylation sites (tertiary alicyclic amines) is 1. The Bertz CT molecular complexity index is 539. The zero-order valence-electron chi connectivity index (χ0n) is 15.8. The van der Waals surface area contributed by atoms with E-state index in [1.54, 1.807) is 0 Å². The van der Waals surface area contributed by atoms with Crippen molar-refractivity contribution in [3.8, 4) is 0 Å². The molecule has 1 aromatic carbocycles. The lowest BCUT2D eigenvalue weighted by atomic mass is 9.79. The van der Waals surface area contributed by atoms with Gasteiger partial charge in [0.1, 0.15) is 0 Å². The lowest BCUT2D eigenvalue weighted by Gasteiger charge is -2.48. The van der Waals surface area contributed by atoms with Gasteiger partial charge in [-0.25, -0.2) is 0 Å². The Morgan fingerprint density at radius 1 is 1.04 bits per heavy atom. The van der Waals surface area contributed by atoms with Crippen molar-refractivity contribution in [3.05, 3.63) is 35.9 Å². The van der Waals surface area contributed by atoms with E-state index in [2.05, 4.69) is 10.2 Å². The Kier molecular flexibility index (Phi) is 8.39. The van der Waals surface area contributed by atoms with Crippen molar-refractivity contribution in [2.75, 3.05) is 19.6 Å². The molecule has 1 amide bonds. The number of halogens is 1. The van der Waals surface area contributed by atoms with Crippen LogP contribution in [0.2, 0.25) is 0 Å². The van der Waals surface area contributed by atoms with Crippen molar-refractivity contribution >= 4 is 18.3 Å². The van der Waals surface area contributed by atoms with Crippen LogP contribution in [0.3, 0.4) is 0 Å². The SMILES string of the molecule is Cl.NC(CC(=O)NCC1(N2CCCCC2)CCCCC1)c1ccccc1. The zero-order valence-corrected chi connectivity index (χ0v) is 16.6. The summed E-state index contributed by atoms with van der Waals surface area (Å²) in [5.74, 6) is 0.0818. The quantitative estimate of drug-likeness (QED) is 0.790. The minimum Gasteiger partial charge on any atom is -0.354 e. The molecule has 5 heteroatoms. The molecule has 26 heavy (non-hydrogen) atoms. The zero-order chi connectivity index (χ0) is 17.5. The van der Waals surface area contributed by atoms with E-state index < -0.39 is 0 Å². The number of hydrogen-bond donors (Lipinski definition) is 2. The number of carbonyl (C=O) groups is 1. The second kappa shape index (κ2) is 10.3. The molecule has 1 saturated carbocycles. The normalized spacial score (nSPS) is 21.4. The second-order valence-electron chi connectivity index (χ2n) is 7.83. The Morgan fingerprint density at radius 2 is 1.65 bits per heavy atom. The molecule has 1 atom stereocenters. The molecule has 1 aliphatic heterocycles. The van der Waals surface area contributed by atoms with Gasteiger partial charge < -0.3 is 11.1 Å². The number of benzene rings is 1. The number of rotatable bonds is 6. The van der Waals surface area contributed by atoms with E-state index in [1.165, 1.54) is 64.5 Å². The molecule has 3 N–H and O–H groups in total. The van der Waals surface area contributed by atoms with E-state index in [1.807, 2.05) is 30.3 Å². The topological polar surface area (TPSA) is 58.4 Å². The molecule has 1 unspecified atom stereocenters. The van der Waals surface area contributed by atoms with E-state index in [0.717, 1.165) is 12.1 Å². The van der Waals surface area contributed by atoms with Gasteiger partial charge in [-0.2, -0.15) is 0 Å². The highest BCUT2D eigenvalue weighted by Gasteiger charge is 2.38. The fraction of sp³-hybridized carbons (Fsp3) is 0.667. The monoisotopic (exact) mass is 379 g/mol. The third-order valence-corrected chi connectivity index (χ3v) is 6.06. The molecule has 1 aliphatic carbocycles. The first-order valence-electron chi connectivity index (χ1n) is 10.0. The number of carbonyl (C=O) groups excluding carboxylic acids is 1. The van der Waals surface area contributed by atoms with Gasteiger partial charge in [0.05, 0.1) is 0 Å². The second-order valence-corrected chi connectivity index (χ2v) is 7.83. The molecule has 2 aliphatic rings. The minimum atomic E-state index is -0.224. The molecule has 146 valence electrons. The summed E-state index contributed by atoms with van der Waals surface area (Å²) in [4.78, 5) is 15.2. The average Bonchev–Trinajstić information content (AvgIpc) is 2.68. The third-order valence-electron chi connectivity index (χ3n) is 6.06. The highest BCUT2D eigenvalue weighted by atomic mass is 35.5. The number of piperidine rings is 1.